The third-order valence-electron chi connectivity index (χ3n) is 4.10. The van der Waals surface area contributed by atoms with Crippen molar-refractivity contribution >= 4 is 35.1 Å². The number of ether oxygens (including phenoxy) is 1. The predicted octanol–water partition coefficient (Wildman–Crippen LogP) is 3.54. The summed E-state index contributed by atoms with van der Waals surface area (Å²) in [7, 11) is 1.30. The molecule has 2 atom stereocenters. The highest BCUT2D eigenvalue weighted by Gasteiger charge is 2.22. The lowest BCUT2D eigenvalue weighted by Gasteiger charge is -2.19. The molecule has 27 heavy (non-hydrogen) atoms. The smallest absolute Gasteiger partial charge is 0.328 e. The van der Waals surface area contributed by atoms with Crippen LogP contribution in [0.1, 0.15) is 24.1 Å². The molecular formula is C20H22Cl2N2O3. The van der Waals surface area contributed by atoms with Gasteiger partial charge < -0.3 is 15.4 Å². The number of esters is 1. The van der Waals surface area contributed by atoms with Crippen LogP contribution in [-0.2, 0) is 20.7 Å². The molecule has 0 spiro atoms. The van der Waals surface area contributed by atoms with Gasteiger partial charge in [-0.2, -0.15) is 0 Å². The minimum absolute atomic E-state index is 0.0302. The van der Waals surface area contributed by atoms with E-state index in [2.05, 4.69) is 10.6 Å². The highest BCUT2D eigenvalue weighted by Crippen LogP contribution is 2.25. The Morgan fingerprint density at radius 1 is 1.11 bits per heavy atom. The van der Waals surface area contributed by atoms with Crippen molar-refractivity contribution in [3.05, 3.63) is 69.7 Å². The maximum atomic E-state index is 12.3. The van der Waals surface area contributed by atoms with Crippen molar-refractivity contribution in [2.75, 3.05) is 13.7 Å². The molecule has 144 valence electrons. The molecule has 1 amide bonds. The van der Waals surface area contributed by atoms with Gasteiger partial charge in [0.05, 0.1) is 13.7 Å². The Morgan fingerprint density at radius 2 is 1.81 bits per heavy atom. The number of nitrogens with one attached hydrogen (secondary N) is 2. The third-order valence-corrected chi connectivity index (χ3v) is 4.66. The molecule has 2 N–H and O–H groups in total. The van der Waals surface area contributed by atoms with Crippen LogP contribution in [0.25, 0.3) is 0 Å². The number of carbonyl (C=O) groups is 2. The summed E-state index contributed by atoms with van der Waals surface area (Å²) in [6, 6.07) is 13.7. The van der Waals surface area contributed by atoms with Crippen LogP contribution >= 0.6 is 23.2 Å². The van der Waals surface area contributed by atoms with Crippen LogP contribution in [0.4, 0.5) is 0 Å². The summed E-state index contributed by atoms with van der Waals surface area (Å²) in [4.78, 5) is 24.3. The topological polar surface area (TPSA) is 67.4 Å². The number of hydrogen-bond donors (Lipinski definition) is 2. The number of hydrogen-bond acceptors (Lipinski definition) is 4. The van der Waals surface area contributed by atoms with Crippen molar-refractivity contribution in [1.82, 2.24) is 10.6 Å². The Hall–Kier alpha value is -2.08. The van der Waals surface area contributed by atoms with Crippen molar-refractivity contribution in [2.24, 2.45) is 0 Å². The van der Waals surface area contributed by atoms with Gasteiger partial charge in [-0.15, -0.1) is 0 Å². The highest BCUT2D eigenvalue weighted by atomic mass is 35.5. The molecule has 0 saturated carbocycles. The van der Waals surface area contributed by atoms with Crippen LogP contribution in [-0.4, -0.2) is 31.6 Å². The van der Waals surface area contributed by atoms with Gasteiger partial charge in [0, 0.05) is 22.5 Å². The standard InChI is InChI=1S/C20H22Cl2N2O3/c1-13(16-9-8-15(21)11-17(16)22)23-12-19(25)24-18(20(26)27-2)10-14-6-4-3-5-7-14/h3-9,11,13,18,23H,10,12H2,1-2H3,(H,24,25). The fourth-order valence-corrected chi connectivity index (χ4v) is 3.21. The number of amides is 1. The van der Waals surface area contributed by atoms with Gasteiger partial charge in [-0.05, 0) is 30.2 Å². The van der Waals surface area contributed by atoms with Crippen molar-refractivity contribution in [1.29, 1.82) is 0 Å². The zero-order valence-corrected chi connectivity index (χ0v) is 16.7. The van der Waals surface area contributed by atoms with Crippen LogP contribution in [0.5, 0.6) is 0 Å². The highest BCUT2D eigenvalue weighted by molar-refractivity contribution is 6.35. The van der Waals surface area contributed by atoms with Gasteiger partial charge in [-0.1, -0.05) is 59.6 Å². The molecule has 0 aliphatic carbocycles. The van der Waals surface area contributed by atoms with E-state index in [1.807, 2.05) is 43.3 Å². The Labute approximate surface area is 169 Å². The van der Waals surface area contributed by atoms with E-state index < -0.39 is 12.0 Å². The number of halogens is 2. The zero-order chi connectivity index (χ0) is 19.8. The monoisotopic (exact) mass is 408 g/mol. The predicted molar refractivity (Wildman–Crippen MR) is 107 cm³/mol. The molecule has 0 aliphatic heterocycles. The van der Waals surface area contributed by atoms with Gasteiger partial charge in [0.1, 0.15) is 6.04 Å². The van der Waals surface area contributed by atoms with Crippen LogP contribution in [0, 0.1) is 0 Å². The maximum absolute atomic E-state index is 12.3. The van der Waals surface area contributed by atoms with Crippen molar-refractivity contribution in [3.8, 4) is 0 Å². The van der Waals surface area contributed by atoms with E-state index in [1.54, 1.807) is 12.1 Å². The normalized spacial score (nSPS) is 12.9. The van der Waals surface area contributed by atoms with Crippen LogP contribution in [0.15, 0.2) is 48.5 Å². The number of methoxy groups -OCH3 is 1. The van der Waals surface area contributed by atoms with Gasteiger partial charge in [0.2, 0.25) is 5.91 Å². The summed E-state index contributed by atoms with van der Waals surface area (Å²) in [6.07, 6.45) is 0.359. The Bertz CT molecular complexity index is 784. The summed E-state index contributed by atoms with van der Waals surface area (Å²) in [5, 5.41) is 6.89. The summed E-state index contributed by atoms with van der Waals surface area (Å²) in [6.45, 7) is 1.92. The third kappa shape index (κ3) is 6.54. The summed E-state index contributed by atoms with van der Waals surface area (Å²) in [5.74, 6) is -0.792. The molecule has 2 rings (SSSR count). The van der Waals surface area contributed by atoms with Crippen LogP contribution in [0.2, 0.25) is 10.0 Å². The molecule has 2 aromatic rings. The molecule has 2 unspecified atom stereocenters. The second kappa shape index (κ2) is 10.3. The lowest BCUT2D eigenvalue weighted by molar-refractivity contribution is -0.144. The first kappa shape index (κ1) is 21.2. The molecule has 0 fully saturated rings. The Morgan fingerprint density at radius 3 is 2.44 bits per heavy atom. The molecule has 0 aromatic heterocycles. The SMILES string of the molecule is COC(=O)C(Cc1ccccc1)NC(=O)CNC(C)c1ccc(Cl)cc1Cl. The van der Waals surface area contributed by atoms with E-state index in [1.165, 1.54) is 7.11 Å². The summed E-state index contributed by atoms with van der Waals surface area (Å²) < 4.78 is 4.80. The average Bonchev–Trinajstić information content (AvgIpc) is 2.65. The molecule has 2 aromatic carbocycles. The first-order valence-electron chi connectivity index (χ1n) is 8.50. The largest absolute Gasteiger partial charge is 0.467 e. The minimum atomic E-state index is -0.749. The Kier molecular flexibility index (Phi) is 8.10. The number of rotatable bonds is 8. The second-order valence-electron chi connectivity index (χ2n) is 6.10. The van der Waals surface area contributed by atoms with E-state index in [9.17, 15) is 9.59 Å². The summed E-state index contributed by atoms with van der Waals surface area (Å²) in [5.41, 5.74) is 1.77. The lowest BCUT2D eigenvalue weighted by Crippen LogP contribution is -2.46. The average molecular weight is 409 g/mol. The van der Waals surface area contributed by atoms with Crippen LogP contribution in [0.3, 0.4) is 0 Å². The van der Waals surface area contributed by atoms with Crippen molar-refractivity contribution < 1.29 is 14.3 Å². The van der Waals surface area contributed by atoms with E-state index >= 15 is 0 Å². The quantitative estimate of drug-likeness (QED) is 0.655. The van der Waals surface area contributed by atoms with E-state index in [-0.39, 0.29) is 18.5 Å². The molecule has 0 bridgehead atoms. The molecule has 0 saturated heterocycles. The fraction of sp³-hybridized carbons (Fsp3) is 0.300. The van der Waals surface area contributed by atoms with Gasteiger partial charge in [-0.3, -0.25) is 4.79 Å². The second-order valence-corrected chi connectivity index (χ2v) is 6.95. The van der Waals surface area contributed by atoms with E-state index in [4.69, 9.17) is 27.9 Å². The van der Waals surface area contributed by atoms with E-state index in [0.717, 1.165) is 11.1 Å². The van der Waals surface area contributed by atoms with E-state index in [0.29, 0.717) is 16.5 Å². The molecule has 5 nitrogen and oxygen atoms in total. The first-order chi connectivity index (χ1) is 12.9. The van der Waals surface area contributed by atoms with Gasteiger partial charge in [0.25, 0.3) is 0 Å². The molecule has 7 heteroatoms. The molecule has 0 aliphatic rings. The number of carbonyl (C=O) groups excluding carboxylic acids is 2. The Balaban J connectivity index is 1.93. The zero-order valence-electron chi connectivity index (χ0n) is 15.2. The van der Waals surface area contributed by atoms with Gasteiger partial charge in [0.15, 0.2) is 0 Å². The molecular weight excluding hydrogens is 387 g/mol. The molecule has 0 heterocycles. The van der Waals surface area contributed by atoms with Crippen molar-refractivity contribution in [3.63, 3.8) is 0 Å². The molecule has 0 radical (unpaired) electrons. The minimum Gasteiger partial charge on any atom is -0.467 e. The van der Waals surface area contributed by atoms with Gasteiger partial charge in [-0.25, -0.2) is 4.79 Å². The van der Waals surface area contributed by atoms with Crippen LogP contribution < -0.4 is 10.6 Å². The first-order valence-corrected chi connectivity index (χ1v) is 9.25. The number of benzene rings is 2. The lowest BCUT2D eigenvalue weighted by atomic mass is 10.1. The summed E-state index contributed by atoms with van der Waals surface area (Å²) >= 11 is 12.1. The van der Waals surface area contributed by atoms with Crippen molar-refractivity contribution in [2.45, 2.75) is 25.4 Å². The maximum Gasteiger partial charge on any atom is 0.328 e. The van der Waals surface area contributed by atoms with Gasteiger partial charge >= 0.3 is 5.97 Å². The fourth-order valence-electron chi connectivity index (χ4n) is 2.64.